The highest BCUT2D eigenvalue weighted by Crippen LogP contribution is 2.29. The van der Waals surface area contributed by atoms with Crippen LogP contribution in [0.3, 0.4) is 0 Å². The van der Waals surface area contributed by atoms with Crippen LogP contribution in [-0.2, 0) is 4.79 Å². The van der Waals surface area contributed by atoms with Gasteiger partial charge >= 0.3 is 0 Å². The molecule has 30 heavy (non-hydrogen) atoms. The Morgan fingerprint density at radius 1 is 1.07 bits per heavy atom. The van der Waals surface area contributed by atoms with E-state index in [9.17, 15) is 14.0 Å². The zero-order valence-corrected chi connectivity index (χ0v) is 16.3. The molecule has 8 heteroatoms. The number of rotatable bonds is 5. The van der Waals surface area contributed by atoms with Crippen molar-refractivity contribution in [1.82, 2.24) is 20.4 Å². The van der Waals surface area contributed by atoms with Crippen molar-refractivity contribution in [2.45, 2.75) is 18.8 Å². The number of halogens is 1. The lowest BCUT2D eigenvalue weighted by atomic mass is 9.96. The number of likely N-dealkylation sites (tertiary alicyclic amines) is 1. The Hall–Kier alpha value is -3.55. The van der Waals surface area contributed by atoms with Crippen LogP contribution >= 0.6 is 0 Å². The summed E-state index contributed by atoms with van der Waals surface area (Å²) in [5.41, 5.74) is 0.820. The fourth-order valence-electron chi connectivity index (χ4n) is 3.49. The van der Waals surface area contributed by atoms with Gasteiger partial charge < -0.3 is 14.7 Å². The van der Waals surface area contributed by atoms with E-state index in [1.54, 1.807) is 47.4 Å². The predicted molar refractivity (Wildman–Crippen MR) is 107 cm³/mol. The predicted octanol–water partition coefficient (Wildman–Crippen LogP) is 3.01. The van der Waals surface area contributed by atoms with Crippen LogP contribution in [0.15, 0.2) is 59.1 Å². The van der Waals surface area contributed by atoms with Gasteiger partial charge in [0.2, 0.25) is 17.6 Å². The van der Waals surface area contributed by atoms with Crippen LogP contribution in [0.2, 0.25) is 0 Å². The van der Waals surface area contributed by atoms with Crippen LogP contribution < -0.4 is 5.32 Å². The van der Waals surface area contributed by atoms with Crippen molar-refractivity contribution in [1.29, 1.82) is 0 Å². The van der Waals surface area contributed by atoms with Gasteiger partial charge in [-0.3, -0.25) is 9.59 Å². The molecule has 3 aromatic rings. The Bertz CT molecular complexity index is 1030. The molecule has 1 aliphatic heterocycles. The lowest BCUT2D eigenvalue weighted by Gasteiger charge is -2.30. The van der Waals surface area contributed by atoms with E-state index in [1.165, 1.54) is 6.07 Å². The third-order valence-electron chi connectivity index (χ3n) is 5.19. The zero-order valence-electron chi connectivity index (χ0n) is 16.3. The molecule has 0 bridgehead atoms. The Kier molecular flexibility index (Phi) is 5.83. The number of carbonyl (C=O) groups excluding carboxylic acids is 2. The van der Waals surface area contributed by atoms with Crippen molar-refractivity contribution >= 4 is 11.8 Å². The van der Waals surface area contributed by atoms with Crippen molar-refractivity contribution in [3.63, 3.8) is 0 Å². The molecule has 0 radical (unpaired) electrons. The summed E-state index contributed by atoms with van der Waals surface area (Å²) in [6.07, 6.45) is 1.33. The number of hydrogen-bond donors (Lipinski definition) is 1. The second-order valence-corrected chi connectivity index (χ2v) is 7.14. The first kappa shape index (κ1) is 19.8. The molecule has 1 N–H and O–H groups in total. The molecule has 1 aromatic heterocycles. The van der Waals surface area contributed by atoms with Gasteiger partial charge in [-0.05, 0) is 37.1 Å². The molecule has 0 atom stereocenters. The second kappa shape index (κ2) is 8.86. The number of carbonyl (C=O) groups is 2. The average molecular weight is 408 g/mol. The number of benzene rings is 2. The Balaban J connectivity index is 1.29. The highest BCUT2D eigenvalue weighted by Gasteiger charge is 2.28. The topological polar surface area (TPSA) is 88.3 Å². The summed E-state index contributed by atoms with van der Waals surface area (Å²) in [4.78, 5) is 30.6. The van der Waals surface area contributed by atoms with Crippen LogP contribution in [0.4, 0.5) is 4.39 Å². The van der Waals surface area contributed by atoms with Crippen LogP contribution in [0, 0.1) is 5.82 Å². The minimum Gasteiger partial charge on any atom is -0.343 e. The van der Waals surface area contributed by atoms with Gasteiger partial charge in [-0.25, -0.2) is 4.39 Å². The van der Waals surface area contributed by atoms with E-state index in [0.717, 1.165) is 0 Å². The summed E-state index contributed by atoms with van der Waals surface area (Å²) in [6.45, 7) is 1.01. The molecule has 4 rings (SSSR count). The maximum Gasteiger partial charge on any atom is 0.251 e. The minimum atomic E-state index is -0.400. The summed E-state index contributed by atoms with van der Waals surface area (Å²) in [6, 6.07) is 15.1. The molecule has 7 nitrogen and oxygen atoms in total. The molecule has 0 saturated carbocycles. The van der Waals surface area contributed by atoms with Crippen LogP contribution in [-0.4, -0.2) is 46.5 Å². The lowest BCUT2D eigenvalue weighted by molar-refractivity contribution is -0.131. The third kappa shape index (κ3) is 4.37. The summed E-state index contributed by atoms with van der Waals surface area (Å²) >= 11 is 0. The first-order valence-corrected chi connectivity index (χ1v) is 9.81. The van der Waals surface area contributed by atoms with E-state index in [2.05, 4.69) is 15.5 Å². The summed E-state index contributed by atoms with van der Waals surface area (Å²) < 4.78 is 19.3. The number of hydrogen-bond acceptors (Lipinski definition) is 5. The van der Waals surface area contributed by atoms with Crippen molar-refractivity contribution in [2.24, 2.45) is 0 Å². The fraction of sp³-hybridized carbons (Fsp3) is 0.273. The molecule has 0 aliphatic carbocycles. The van der Waals surface area contributed by atoms with Crippen molar-refractivity contribution in [3.05, 3.63) is 71.9 Å². The van der Waals surface area contributed by atoms with E-state index >= 15 is 0 Å². The van der Waals surface area contributed by atoms with Gasteiger partial charge in [0.1, 0.15) is 5.82 Å². The van der Waals surface area contributed by atoms with E-state index < -0.39 is 5.82 Å². The highest BCUT2D eigenvalue weighted by atomic mass is 19.1. The Morgan fingerprint density at radius 2 is 1.77 bits per heavy atom. The summed E-state index contributed by atoms with van der Waals surface area (Å²) in [5, 5.41) is 6.56. The van der Waals surface area contributed by atoms with Gasteiger partial charge in [-0.15, -0.1) is 0 Å². The second-order valence-electron chi connectivity index (χ2n) is 7.14. The zero-order chi connectivity index (χ0) is 20.9. The average Bonchev–Trinajstić information content (AvgIpc) is 3.28. The van der Waals surface area contributed by atoms with E-state index in [-0.39, 0.29) is 30.1 Å². The molecule has 2 amide bonds. The van der Waals surface area contributed by atoms with E-state index in [1.807, 2.05) is 6.07 Å². The maximum absolute atomic E-state index is 13.9. The van der Waals surface area contributed by atoms with Crippen molar-refractivity contribution in [3.8, 4) is 11.4 Å². The fourth-order valence-corrected chi connectivity index (χ4v) is 3.49. The number of amides is 2. The third-order valence-corrected chi connectivity index (χ3v) is 5.19. The number of nitrogens with one attached hydrogen (secondary N) is 1. The van der Waals surface area contributed by atoms with Crippen molar-refractivity contribution in [2.75, 3.05) is 19.6 Å². The quantitative estimate of drug-likeness (QED) is 0.701. The molecule has 2 heterocycles. The van der Waals surface area contributed by atoms with E-state index in [4.69, 9.17) is 4.52 Å². The minimum absolute atomic E-state index is 0.0148. The Morgan fingerprint density at radius 3 is 2.50 bits per heavy atom. The summed E-state index contributed by atoms with van der Waals surface area (Å²) in [5.74, 6) is -0.104. The molecule has 1 fully saturated rings. The monoisotopic (exact) mass is 408 g/mol. The van der Waals surface area contributed by atoms with E-state index in [0.29, 0.717) is 42.9 Å². The number of nitrogens with zero attached hydrogens (tertiary/aromatic N) is 3. The van der Waals surface area contributed by atoms with Gasteiger partial charge in [0, 0.05) is 24.6 Å². The van der Waals surface area contributed by atoms with Crippen LogP contribution in [0.25, 0.3) is 11.4 Å². The largest absolute Gasteiger partial charge is 0.343 e. The number of piperidine rings is 1. The molecular formula is C22H21FN4O3. The lowest BCUT2D eigenvalue weighted by Crippen LogP contribution is -2.43. The first-order valence-electron chi connectivity index (χ1n) is 9.81. The summed E-state index contributed by atoms with van der Waals surface area (Å²) in [7, 11) is 0. The number of aromatic nitrogens is 2. The van der Waals surface area contributed by atoms with Crippen LogP contribution in [0.5, 0.6) is 0 Å². The molecule has 2 aromatic carbocycles. The first-order chi connectivity index (χ1) is 14.6. The van der Waals surface area contributed by atoms with Crippen LogP contribution in [0.1, 0.15) is 35.0 Å². The van der Waals surface area contributed by atoms with Gasteiger partial charge in [0.05, 0.1) is 12.1 Å². The molecule has 0 unspecified atom stereocenters. The van der Waals surface area contributed by atoms with Gasteiger partial charge in [-0.2, -0.15) is 4.98 Å². The highest BCUT2D eigenvalue weighted by molar-refractivity contribution is 5.96. The smallest absolute Gasteiger partial charge is 0.251 e. The molecule has 0 spiro atoms. The Labute approximate surface area is 172 Å². The maximum atomic E-state index is 13.9. The standard InChI is InChI=1S/C22H21FN4O3/c23-18-9-5-4-8-17(18)20-25-22(30-26-20)16-10-12-27(13-11-16)19(28)14-24-21(29)15-6-2-1-3-7-15/h1-9,16H,10-14H2,(H,24,29). The molecule has 1 aliphatic rings. The van der Waals surface area contributed by atoms with Gasteiger partial charge in [0.15, 0.2) is 0 Å². The van der Waals surface area contributed by atoms with Crippen molar-refractivity contribution < 1.29 is 18.5 Å². The SMILES string of the molecule is O=C(NCC(=O)N1CCC(c2nc(-c3ccccc3F)no2)CC1)c1ccccc1. The van der Waals surface area contributed by atoms with Gasteiger partial charge in [-0.1, -0.05) is 35.5 Å². The molecule has 154 valence electrons. The van der Waals surface area contributed by atoms with Gasteiger partial charge in [0.25, 0.3) is 5.91 Å². The normalized spacial score (nSPS) is 14.5. The molecular weight excluding hydrogens is 387 g/mol. The molecule has 1 saturated heterocycles.